The number of azo groups is 1. The number of amides is 1. The van der Waals surface area contributed by atoms with Gasteiger partial charge in [0, 0.05) is 10.9 Å². The summed E-state index contributed by atoms with van der Waals surface area (Å²) in [5, 5.41) is 22.7. The van der Waals surface area contributed by atoms with Gasteiger partial charge < -0.3 is 9.84 Å². The van der Waals surface area contributed by atoms with Crippen molar-refractivity contribution in [2.45, 2.75) is 22.8 Å². The SMILES string of the molecule is COc1c(C)c(S(=O)(=O)O)cc2ccc(N=NC3C(=O)N(c4ccc(S(=O)(=O)O)cc4)N=C3C(=O)O)cc12. The van der Waals surface area contributed by atoms with Crippen molar-refractivity contribution in [3.8, 4) is 5.75 Å². The molecule has 1 unspecified atom stereocenters. The van der Waals surface area contributed by atoms with Gasteiger partial charge in [0.2, 0.25) is 6.04 Å². The maximum Gasteiger partial charge on any atom is 0.355 e. The van der Waals surface area contributed by atoms with Crippen molar-refractivity contribution in [2.24, 2.45) is 15.3 Å². The lowest BCUT2D eigenvalue weighted by molar-refractivity contribution is -0.130. The van der Waals surface area contributed by atoms with Gasteiger partial charge in [-0.2, -0.15) is 37.2 Å². The van der Waals surface area contributed by atoms with E-state index in [0.717, 1.165) is 29.3 Å². The van der Waals surface area contributed by atoms with E-state index in [1.807, 2.05) is 0 Å². The smallest absolute Gasteiger partial charge is 0.355 e. The fourth-order valence-corrected chi connectivity index (χ4v) is 5.04. The summed E-state index contributed by atoms with van der Waals surface area (Å²) in [4.78, 5) is 23.9. The molecule has 16 heteroatoms. The Hall–Kier alpha value is -4.25. The van der Waals surface area contributed by atoms with Crippen LogP contribution >= 0.6 is 0 Å². The first-order valence-electron chi connectivity index (χ1n) is 10.5. The fourth-order valence-electron chi connectivity index (χ4n) is 3.80. The van der Waals surface area contributed by atoms with Gasteiger partial charge in [0.15, 0.2) is 5.71 Å². The molecule has 0 saturated heterocycles. The Morgan fingerprint density at radius 2 is 1.68 bits per heavy atom. The van der Waals surface area contributed by atoms with E-state index in [4.69, 9.17) is 9.29 Å². The van der Waals surface area contributed by atoms with Gasteiger partial charge in [-0.3, -0.25) is 13.9 Å². The third kappa shape index (κ3) is 4.97. The van der Waals surface area contributed by atoms with Crippen molar-refractivity contribution in [1.82, 2.24) is 0 Å². The van der Waals surface area contributed by atoms with Gasteiger partial charge in [0.05, 0.1) is 23.4 Å². The fraction of sp³-hybridized carbons (Fsp3) is 0.136. The predicted molar refractivity (Wildman–Crippen MR) is 132 cm³/mol. The lowest BCUT2D eigenvalue weighted by Crippen LogP contribution is -2.33. The van der Waals surface area contributed by atoms with Crippen molar-refractivity contribution < 1.29 is 45.4 Å². The van der Waals surface area contributed by atoms with Crippen molar-refractivity contribution in [3.63, 3.8) is 0 Å². The molecule has 198 valence electrons. The Morgan fingerprint density at radius 1 is 1.03 bits per heavy atom. The van der Waals surface area contributed by atoms with E-state index in [2.05, 4.69) is 15.3 Å². The summed E-state index contributed by atoms with van der Waals surface area (Å²) in [6.07, 6.45) is 0. The van der Waals surface area contributed by atoms with Gasteiger partial charge in [0.25, 0.3) is 26.1 Å². The van der Waals surface area contributed by atoms with Gasteiger partial charge in [-0.25, -0.2) is 4.79 Å². The van der Waals surface area contributed by atoms with Crippen LogP contribution < -0.4 is 9.75 Å². The zero-order valence-corrected chi connectivity index (χ0v) is 21.1. The lowest BCUT2D eigenvalue weighted by Gasteiger charge is -2.13. The number of aliphatic carboxylic acids is 1. The molecule has 14 nitrogen and oxygen atoms in total. The van der Waals surface area contributed by atoms with E-state index in [9.17, 15) is 36.1 Å². The van der Waals surface area contributed by atoms with Crippen LogP contribution in [0.5, 0.6) is 5.75 Å². The van der Waals surface area contributed by atoms with E-state index in [-0.39, 0.29) is 27.6 Å². The number of hydrogen-bond acceptors (Lipinski definition) is 10. The predicted octanol–water partition coefficient (Wildman–Crippen LogP) is 2.59. The number of rotatable bonds is 7. The molecule has 0 saturated carbocycles. The number of hydrogen-bond donors (Lipinski definition) is 3. The van der Waals surface area contributed by atoms with Crippen molar-refractivity contribution in [1.29, 1.82) is 0 Å². The summed E-state index contributed by atoms with van der Waals surface area (Å²) in [6.45, 7) is 1.44. The van der Waals surface area contributed by atoms with Crippen molar-refractivity contribution in [2.75, 3.05) is 12.1 Å². The molecular weight excluding hydrogens is 544 g/mol. The molecule has 4 rings (SSSR count). The Kier molecular flexibility index (Phi) is 6.75. The second kappa shape index (κ2) is 9.56. The molecule has 0 aliphatic carbocycles. The quantitative estimate of drug-likeness (QED) is 0.283. The molecule has 0 spiro atoms. The summed E-state index contributed by atoms with van der Waals surface area (Å²) < 4.78 is 69.9. The Bertz CT molecular complexity index is 1770. The number of methoxy groups -OCH3 is 1. The van der Waals surface area contributed by atoms with Crippen LogP contribution in [0.3, 0.4) is 0 Å². The molecule has 3 aromatic carbocycles. The third-order valence-electron chi connectivity index (χ3n) is 5.56. The first-order chi connectivity index (χ1) is 17.7. The van der Waals surface area contributed by atoms with E-state index >= 15 is 0 Å². The largest absolute Gasteiger partial charge is 0.496 e. The molecule has 1 aliphatic rings. The van der Waals surface area contributed by atoms with Crippen LogP contribution in [0, 0.1) is 6.92 Å². The van der Waals surface area contributed by atoms with Crippen LogP contribution in [0.1, 0.15) is 5.56 Å². The van der Waals surface area contributed by atoms with E-state index < -0.39 is 48.8 Å². The van der Waals surface area contributed by atoms with Gasteiger partial charge in [-0.05, 0) is 54.8 Å². The first-order valence-corrected chi connectivity index (χ1v) is 13.3. The summed E-state index contributed by atoms with van der Waals surface area (Å²) in [5.41, 5.74) is -0.286. The molecule has 38 heavy (non-hydrogen) atoms. The van der Waals surface area contributed by atoms with Crippen LogP contribution in [-0.4, -0.2) is 61.8 Å². The molecule has 0 radical (unpaired) electrons. The third-order valence-corrected chi connectivity index (χ3v) is 7.40. The zero-order valence-electron chi connectivity index (χ0n) is 19.5. The van der Waals surface area contributed by atoms with Crippen LogP contribution in [0.2, 0.25) is 0 Å². The lowest BCUT2D eigenvalue weighted by atomic mass is 10.1. The molecule has 0 bridgehead atoms. The van der Waals surface area contributed by atoms with Crippen LogP contribution in [0.25, 0.3) is 10.8 Å². The monoisotopic (exact) mass is 562 g/mol. The zero-order chi connectivity index (χ0) is 28.0. The number of hydrazone groups is 1. The topological polar surface area (TPSA) is 213 Å². The Morgan fingerprint density at radius 3 is 2.24 bits per heavy atom. The second-order valence-corrected chi connectivity index (χ2v) is 10.8. The first kappa shape index (κ1) is 26.8. The normalized spacial score (nSPS) is 16.3. The molecule has 0 fully saturated rings. The minimum atomic E-state index is -4.52. The number of carboxylic acids is 1. The highest BCUT2D eigenvalue weighted by Gasteiger charge is 2.41. The van der Waals surface area contributed by atoms with Gasteiger partial charge in [0.1, 0.15) is 10.6 Å². The van der Waals surface area contributed by atoms with Crippen LogP contribution in [-0.2, 0) is 29.8 Å². The highest BCUT2D eigenvalue weighted by atomic mass is 32.2. The number of ether oxygens (including phenoxy) is 1. The van der Waals surface area contributed by atoms with Crippen LogP contribution in [0.4, 0.5) is 11.4 Å². The average Bonchev–Trinajstić information content (AvgIpc) is 3.17. The number of carbonyl (C=O) groups is 2. The number of benzene rings is 3. The average molecular weight is 563 g/mol. The number of fused-ring (bicyclic) bond motifs is 1. The van der Waals surface area contributed by atoms with Gasteiger partial charge >= 0.3 is 5.97 Å². The number of carboxylic acid groups (broad SMARTS) is 1. The number of anilines is 1. The Balaban J connectivity index is 1.69. The summed E-state index contributed by atoms with van der Waals surface area (Å²) in [7, 11) is -7.69. The summed E-state index contributed by atoms with van der Waals surface area (Å²) in [5.74, 6) is -2.26. The minimum absolute atomic E-state index is 0.0272. The second-order valence-electron chi connectivity index (χ2n) is 7.94. The van der Waals surface area contributed by atoms with Gasteiger partial charge in [-0.1, -0.05) is 6.07 Å². The maximum atomic E-state index is 12.9. The summed E-state index contributed by atoms with van der Waals surface area (Å²) in [6, 6.07) is 8.34. The standard InChI is InChI=1S/C22H18N4O10S2/c1-11-17(38(33,34)35)9-12-3-4-13(10-16(12)20(11)36-2)23-24-18-19(22(28)29)25-26(21(18)27)14-5-7-15(8-6-14)37(30,31)32/h3-10,18H,1-2H3,(H,28,29)(H,30,31,32)(H,33,34,35). The van der Waals surface area contributed by atoms with E-state index in [0.29, 0.717) is 10.8 Å². The molecule has 1 heterocycles. The van der Waals surface area contributed by atoms with Gasteiger partial charge in [-0.15, -0.1) is 0 Å². The minimum Gasteiger partial charge on any atom is -0.496 e. The summed E-state index contributed by atoms with van der Waals surface area (Å²) >= 11 is 0. The number of carbonyl (C=O) groups excluding carboxylic acids is 1. The molecule has 1 amide bonds. The van der Waals surface area contributed by atoms with Crippen molar-refractivity contribution >= 4 is 60.0 Å². The molecule has 0 aromatic heterocycles. The molecule has 1 aliphatic heterocycles. The molecule has 1 atom stereocenters. The van der Waals surface area contributed by atoms with E-state index in [1.54, 1.807) is 0 Å². The van der Waals surface area contributed by atoms with E-state index in [1.165, 1.54) is 38.3 Å². The Labute approximate surface area is 215 Å². The molecule has 3 N–H and O–H groups in total. The molecular formula is C22H18N4O10S2. The highest BCUT2D eigenvalue weighted by molar-refractivity contribution is 7.86. The highest BCUT2D eigenvalue weighted by Crippen LogP contribution is 2.36. The van der Waals surface area contributed by atoms with Crippen molar-refractivity contribution in [3.05, 3.63) is 54.1 Å². The maximum absolute atomic E-state index is 12.9. The molecule has 3 aromatic rings. The van der Waals surface area contributed by atoms with Crippen LogP contribution in [0.15, 0.2) is 73.7 Å². The number of nitrogens with zero attached hydrogens (tertiary/aromatic N) is 4.